The van der Waals surface area contributed by atoms with E-state index in [1.165, 1.54) is 6.07 Å². The molecule has 31 heavy (non-hydrogen) atoms. The van der Waals surface area contributed by atoms with E-state index in [2.05, 4.69) is 10.6 Å². The minimum atomic E-state index is -4.54. The quantitative estimate of drug-likeness (QED) is 0.618. The second-order valence-corrected chi connectivity index (χ2v) is 6.94. The third-order valence-corrected chi connectivity index (χ3v) is 4.61. The van der Waals surface area contributed by atoms with Gasteiger partial charge in [-0.25, -0.2) is 4.79 Å². The van der Waals surface area contributed by atoms with Crippen LogP contribution in [0.4, 0.5) is 29.3 Å². The van der Waals surface area contributed by atoms with Gasteiger partial charge in [-0.05, 0) is 30.3 Å². The van der Waals surface area contributed by atoms with E-state index >= 15 is 0 Å². The Labute approximate surface area is 177 Å². The number of nitrogens with zero attached hydrogens (tertiary/aromatic N) is 1. The summed E-state index contributed by atoms with van der Waals surface area (Å²) in [5, 5.41) is 14.9. The number of morpholine rings is 1. The number of hydrogen-bond donors (Lipinski definition) is 3. The maximum atomic E-state index is 13.1. The average molecular weight is 439 g/mol. The number of halogens is 3. The number of amides is 2. The number of anilines is 2. The van der Waals surface area contributed by atoms with Crippen LogP contribution in [0.1, 0.15) is 5.56 Å². The molecule has 1 fully saturated rings. The fourth-order valence-electron chi connectivity index (χ4n) is 3.04. The number of urea groups is 1. The molecule has 3 rings (SSSR count). The van der Waals surface area contributed by atoms with Crippen molar-refractivity contribution in [1.82, 2.24) is 5.32 Å². The maximum absolute atomic E-state index is 13.1. The number of rotatable bonds is 7. The Kier molecular flexibility index (Phi) is 7.59. The van der Waals surface area contributed by atoms with Crippen LogP contribution in [0.15, 0.2) is 48.5 Å². The van der Waals surface area contributed by atoms with E-state index in [-0.39, 0.29) is 18.8 Å². The highest BCUT2D eigenvalue weighted by atomic mass is 19.4. The van der Waals surface area contributed by atoms with Crippen molar-refractivity contribution in [2.45, 2.75) is 12.3 Å². The lowest BCUT2D eigenvalue weighted by molar-refractivity contribution is -0.137. The number of hydrogen-bond acceptors (Lipinski definition) is 5. The molecule has 7 nitrogen and oxygen atoms in total. The summed E-state index contributed by atoms with van der Waals surface area (Å²) in [6.45, 7) is 1.70. The van der Waals surface area contributed by atoms with Gasteiger partial charge in [-0.3, -0.25) is 0 Å². The van der Waals surface area contributed by atoms with Crippen LogP contribution in [-0.2, 0) is 10.9 Å². The van der Waals surface area contributed by atoms with Gasteiger partial charge < -0.3 is 30.1 Å². The van der Waals surface area contributed by atoms with Crippen molar-refractivity contribution in [2.24, 2.45) is 0 Å². The minimum absolute atomic E-state index is 0.0317. The molecule has 0 spiro atoms. The van der Waals surface area contributed by atoms with Crippen molar-refractivity contribution in [3.8, 4) is 5.75 Å². The molecule has 2 aromatic rings. The summed E-state index contributed by atoms with van der Waals surface area (Å²) in [4.78, 5) is 14.1. The Hall–Kier alpha value is -2.98. The number of para-hydroxylation sites is 1. The Morgan fingerprint density at radius 2 is 1.87 bits per heavy atom. The third kappa shape index (κ3) is 6.76. The molecule has 1 heterocycles. The number of aliphatic hydroxyl groups is 1. The summed E-state index contributed by atoms with van der Waals surface area (Å²) >= 11 is 0. The lowest BCUT2D eigenvalue weighted by atomic mass is 10.1. The third-order valence-electron chi connectivity index (χ3n) is 4.61. The van der Waals surface area contributed by atoms with Gasteiger partial charge in [0.25, 0.3) is 0 Å². The molecule has 0 saturated carbocycles. The van der Waals surface area contributed by atoms with Crippen LogP contribution in [0.25, 0.3) is 0 Å². The molecule has 0 bridgehead atoms. The van der Waals surface area contributed by atoms with Gasteiger partial charge in [-0.2, -0.15) is 13.2 Å². The van der Waals surface area contributed by atoms with Crippen LogP contribution in [0, 0.1) is 0 Å². The van der Waals surface area contributed by atoms with Gasteiger partial charge in [-0.1, -0.05) is 18.2 Å². The van der Waals surface area contributed by atoms with Crippen LogP contribution in [-0.4, -0.2) is 56.7 Å². The molecular formula is C21H24F3N3O4. The fourth-order valence-corrected chi connectivity index (χ4v) is 3.04. The first kappa shape index (κ1) is 22.7. The van der Waals surface area contributed by atoms with Gasteiger partial charge >= 0.3 is 12.2 Å². The molecule has 1 saturated heterocycles. The summed E-state index contributed by atoms with van der Waals surface area (Å²) in [7, 11) is 0. The lowest BCUT2D eigenvalue weighted by Gasteiger charge is -2.31. The van der Waals surface area contributed by atoms with E-state index < -0.39 is 23.9 Å². The SMILES string of the molecule is O=C(NCC(O)COc1ccccc1)Nc1cc(C(F)(F)F)ccc1N1CCOCC1. The number of alkyl halides is 3. The molecule has 168 valence electrons. The first-order valence-electron chi connectivity index (χ1n) is 9.77. The zero-order chi connectivity index (χ0) is 22.3. The normalized spacial score (nSPS) is 15.3. The van der Waals surface area contributed by atoms with Crippen LogP contribution in [0.3, 0.4) is 0 Å². The summed E-state index contributed by atoms with van der Waals surface area (Å²) in [5.74, 6) is 0.574. The fraction of sp³-hybridized carbons (Fsp3) is 0.381. The van der Waals surface area contributed by atoms with Crippen molar-refractivity contribution in [3.05, 3.63) is 54.1 Å². The van der Waals surface area contributed by atoms with E-state index in [0.717, 1.165) is 12.1 Å². The largest absolute Gasteiger partial charge is 0.491 e. The molecule has 1 aliphatic heterocycles. The summed E-state index contributed by atoms with van der Waals surface area (Å²) in [5.41, 5.74) is -0.361. The minimum Gasteiger partial charge on any atom is -0.491 e. The van der Waals surface area contributed by atoms with E-state index in [9.17, 15) is 23.1 Å². The summed E-state index contributed by atoms with van der Waals surface area (Å²) in [6, 6.07) is 11.4. The zero-order valence-corrected chi connectivity index (χ0v) is 16.7. The molecule has 1 atom stereocenters. The summed E-state index contributed by atoms with van der Waals surface area (Å²) in [6.07, 6.45) is -5.53. The molecular weight excluding hydrogens is 415 g/mol. The Bertz CT molecular complexity index is 859. The molecule has 3 N–H and O–H groups in total. The number of aliphatic hydroxyl groups excluding tert-OH is 1. The predicted octanol–water partition coefficient (Wildman–Crippen LogP) is 3.10. The molecule has 0 aromatic heterocycles. The smallest absolute Gasteiger partial charge is 0.416 e. The van der Waals surface area contributed by atoms with Gasteiger partial charge in [0.1, 0.15) is 18.5 Å². The molecule has 2 amide bonds. The zero-order valence-electron chi connectivity index (χ0n) is 16.7. The van der Waals surface area contributed by atoms with E-state index in [1.807, 2.05) is 11.0 Å². The molecule has 1 unspecified atom stereocenters. The van der Waals surface area contributed by atoms with Crippen molar-refractivity contribution in [3.63, 3.8) is 0 Å². The van der Waals surface area contributed by atoms with Gasteiger partial charge in [0, 0.05) is 19.6 Å². The predicted molar refractivity (Wildman–Crippen MR) is 109 cm³/mol. The standard InChI is InChI=1S/C21H24F3N3O4/c22-21(23,24)15-6-7-19(27-8-10-30-11-9-27)18(12-15)26-20(29)25-13-16(28)14-31-17-4-2-1-3-5-17/h1-7,12,16,28H,8-11,13-14H2,(H2,25,26,29). The monoisotopic (exact) mass is 439 g/mol. The van der Waals surface area contributed by atoms with Crippen LogP contribution in [0.2, 0.25) is 0 Å². The number of carbonyl (C=O) groups is 1. The highest BCUT2D eigenvalue weighted by Crippen LogP contribution is 2.35. The first-order chi connectivity index (χ1) is 14.8. The summed E-state index contributed by atoms with van der Waals surface area (Å²) < 4.78 is 50.1. The van der Waals surface area contributed by atoms with E-state index in [1.54, 1.807) is 24.3 Å². The first-order valence-corrected chi connectivity index (χ1v) is 9.77. The Morgan fingerprint density at radius 3 is 2.55 bits per heavy atom. The highest BCUT2D eigenvalue weighted by Gasteiger charge is 2.32. The average Bonchev–Trinajstić information content (AvgIpc) is 2.77. The van der Waals surface area contributed by atoms with Crippen LogP contribution < -0.4 is 20.3 Å². The second-order valence-electron chi connectivity index (χ2n) is 6.94. The number of nitrogens with one attached hydrogen (secondary N) is 2. The number of ether oxygens (including phenoxy) is 2. The number of benzene rings is 2. The molecule has 0 radical (unpaired) electrons. The van der Waals surface area contributed by atoms with Gasteiger partial charge in [0.2, 0.25) is 0 Å². The lowest BCUT2D eigenvalue weighted by Crippen LogP contribution is -2.39. The molecule has 0 aliphatic carbocycles. The van der Waals surface area contributed by atoms with Crippen molar-refractivity contribution >= 4 is 17.4 Å². The van der Waals surface area contributed by atoms with Gasteiger partial charge in [0.05, 0.1) is 30.2 Å². The van der Waals surface area contributed by atoms with Crippen LogP contribution >= 0.6 is 0 Å². The molecule has 1 aliphatic rings. The molecule has 2 aromatic carbocycles. The maximum Gasteiger partial charge on any atom is 0.416 e. The van der Waals surface area contributed by atoms with Crippen molar-refractivity contribution in [2.75, 3.05) is 49.7 Å². The topological polar surface area (TPSA) is 83.1 Å². The van der Waals surface area contributed by atoms with Crippen LogP contribution in [0.5, 0.6) is 5.75 Å². The Balaban J connectivity index is 1.60. The second kappa shape index (κ2) is 10.4. The Morgan fingerprint density at radius 1 is 1.16 bits per heavy atom. The van der Waals surface area contributed by atoms with E-state index in [4.69, 9.17) is 9.47 Å². The number of carbonyl (C=O) groups excluding carboxylic acids is 1. The van der Waals surface area contributed by atoms with Crippen molar-refractivity contribution < 1.29 is 32.5 Å². The molecule has 10 heteroatoms. The van der Waals surface area contributed by atoms with Gasteiger partial charge in [-0.15, -0.1) is 0 Å². The van der Waals surface area contributed by atoms with Gasteiger partial charge in [0.15, 0.2) is 0 Å². The highest BCUT2D eigenvalue weighted by molar-refractivity contribution is 5.93. The van der Waals surface area contributed by atoms with E-state index in [0.29, 0.717) is 37.7 Å². The van der Waals surface area contributed by atoms with Crippen molar-refractivity contribution in [1.29, 1.82) is 0 Å².